The van der Waals surface area contributed by atoms with Gasteiger partial charge in [-0.3, -0.25) is 4.79 Å². The fourth-order valence-electron chi connectivity index (χ4n) is 2.87. The average molecular weight is 309 g/mol. The molecule has 0 spiro atoms. The van der Waals surface area contributed by atoms with Crippen LogP contribution in [0.3, 0.4) is 0 Å². The molecule has 3 atom stereocenters. The van der Waals surface area contributed by atoms with Gasteiger partial charge in [0, 0.05) is 12.0 Å². The number of hydrogen-bond acceptors (Lipinski definition) is 4. The first-order valence-corrected chi connectivity index (χ1v) is 8.41. The Morgan fingerprint density at radius 3 is 2.43 bits per heavy atom. The minimum atomic E-state index is -0.741. The molecule has 4 nitrogen and oxygen atoms in total. The van der Waals surface area contributed by atoms with Crippen molar-refractivity contribution in [1.29, 1.82) is 0 Å². The highest BCUT2D eigenvalue weighted by atomic mass is 32.2. The number of carbonyl (C=O) groups excluding carboxylic acids is 1. The summed E-state index contributed by atoms with van der Waals surface area (Å²) in [5, 5.41) is 10.4. The zero-order valence-corrected chi connectivity index (χ0v) is 13.8. The van der Waals surface area contributed by atoms with Gasteiger partial charge in [-0.2, -0.15) is 11.8 Å². The summed E-state index contributed by atoms with van der Waals surface area (Å²) < 4.78 is 5.13. The highest BCUT2D eigenvalue weighted by molar-refractivity contribution is 8.00. The Labute approximate surface area is 130 Å². The van der Waals surface area contributed by atoms with Gasteiger partial charge in [0.2, 0.25) is 5.91 Å². The van der Waals surface area contributed by atoms with E-state index < -0.39 is 11.6 Å². The number of nitrogens with zero attached hydrogens (tertiary/aromatic N) is 1. The summed E-state index contributed by atoms with van der Waals surface area (Å²) in [7, 11) is 1.62. The molecule has 1 aliphatic rings. The molecular weight excluding hydrogens is 286 g/mol. The van der Waals surface area contributed by atoms with Crippen molar-refractivity contribution in [2.45, 2.75) is 38.3 Å². The summed E-state index contributed by atoms with van der Waals surface area (Å²) in [4.78, 5) is 14.2. The van der Waals surface area contributed by atoms with E-state index in [-0.39, 0.29) is 11.2 Å². The minimum Gasteiger partial charge on any atom is -0.497 e. The van der Waals surface area contributed by atoms with Crippen molar-refractivity contribution < 1.29 is 14.6 Å². The van der Waals surface area contributed by atoms with Gasteiger partial charge in [0.1, 0.15) is 12.0 Å². The lowest BCUT2D eigenvalue weighted by atomic mass is 9.84. The van der Waals surface area contributed by atoms with E-state index in [1.807, 2.05) is 44.4 Å². The van der Waals surface area contributed by atoms with Crippen molar-refractivity contribution in [3.8, 4) is 5.75 Å². The highest BCUT2D eigenvalue weighted by Crippen LogP contribution is 2.45. The Morgan fingerprint density at radius 2 is 2.00 bits per heavy atom. The molecular formula is C16H23NO3S. The number of rotatable bonds is 5. The molecule has 116 valence electrons. The average Bonchev–Trinajstić information content (AvgIpc) is 2.69. The van der Waals surface area contributed by atoms with E-state index in [0.717, 1.165) is 17.7 Å². The van der Waals surface area contributed by atoms with Crippen LogP contribution in [0.2, 0.25) is 0 Å². The summed E-state index contributed by atoms with van der Waals surface area (Å²) >= 11 is 1.52. The van der Waals surface area contributed by atoms with Gasteiger partial charge < -0.3 is 14.7 Å². The molecule has 0 saturated carbocycles. The Kier molecular flexibility index (Phi) is 4.84. The molecule has 1 amide bonds. The fourth-order valence-corrected chi connectivity index (χ4v) is 4.04. The van der Waals surface area contributed by atoms with Gasteiger partial charge in [0.15, 0.2) is 0 Å². The number of aliphatic hydroxyl groups is 1. The lowest BCUT2D eigenvalue weighted by Gasteiger charge is -2.31. The predicted molar refractivity (Wildman–Crippen MR) is 85.3 cm³/mol. The molecule has 0 radical (unpaired) electrons. The third-order valence-electron chi connectivity index (χ3n) is 4.50. The third-order valence-corrected chi connectivity index (χ3v) is 5.71. The molecule has 0 bridgehead atoms. The molecule has 1 N–H and O–H groups in total. The maximum atomic E-state index is 12.6. The second-order valence-corrected chi connectivity index (χ2v) is 6.61. The largest absolute Gasteiger partial charge is 0.497 e. The number of likely N-dealkylation sites (tertiary alicyclic amines) is 1. The van der Waals surface area contributed by atoms with E-state index in [0.29, 0.717) is 6.54 Å². The molecule has 1 aromatic carbocycles. The molecule has 1 aromatic rings. The van der Waals surface area contributed by atoms with Crippen LogP contribution in [-0.2, 0) is 11.3 Å². The molecule has 1 fully saturated rings. The van der Waals surface area contributed by atoms with E-state index in [1.54, 1.807) is 12.0 Å². The second-order valence-electron chi connectivity index (χ2n) is 5.66. The van der Waals surface area contributed by atoms with E-state index in [1.165, 1.54) is 11.8 Å². The van der Waals surface area contributed by atoms with E-state index in [9.17, 15) is 9.90 Å². The quantitative estimate of drug-likeness (QED) is 0.908. The Bertz CT molecular complexity index is 505. The SMILES string of the molecule is CCC1(C)C(SC)C(=O)N(Cc2ccc(OC)cc2)C1O. The summed E-state index contributed by atoms with van der Waals surface area (Å²) in [6.45, 7) is 4.44. The Balaban J connectivity index is 2.21. The van der Waals surface area contributed by atoms with E-state index >= 15 is 0 Å². The normalized spacial score (nSPS) is 29.0. The predicted octanol–water partition coefficient (Wildman–Crippen LogP) is 2.50. The van der Waals surface area contributed by atoms with E-state index in [2.05, 4.69) is 0 Å². The van der Waals surface area contributed by atoms with Crippen LogP contribution in [0, 0.1) is 5.41 Å². The molecule has 1 saturated heterocycles. The molecule has 3 unspecified atom stereocenters. The Hall–Kier alpha value is -1.20. The molecule has 0 aromatic heterocycles. The van der Waals surface area contributed by atoms with Crippen molar-refractivity contribution in [2.24, 2.45) is 5.41 Å². The fraction of sp³-hybridized carbons (Fsp3) is 0.562. The number of amides is 1. The number of methoxy groups -OCH3 is 1. The van der Waals surface area contributed by atoms with Crippen molar-refractivity contribution in [2.75, 3.05) is 13.4 Å². The van der Waals surface area contributed by atoms with Gasteiger partial charge >= 0.3 is 0 Å². The minimum absolute atomic E-state index is 0.0233. The van der Waals surface area contributed by atoms with Crippen LogP contribution in [0.5, 0.6) is 5.75 Å². The third kappa shape index (κ3) is 2.77. The number of aliphatic hydroxyl groups excluding tert-OH is 1. The number of hydrogen-bond donors (Lipinski definition) is 1. The van der Waals surface area contributed by atoms with Gasteiger partial charge in [0.05, 0.1) is 12.4 Å². The summed E-state index contributed by atoms with van der Waals surface area (Å²) in [5.74, 6) is 0.808. The van der Waals surface area contributed by atoms with Crippen LogP contribution in [0.4, 0.5) is 0 Å². The topological polar surface area (TPSA) is 49.8 Å². The highest BCUT2D eigenvalue weighted by Gasteiger charge is 2.54. The molecule has 1 heterocycles. The van der Waals surface area contributed by atoms with Crippen LogP contribution in [0.25, 0.3) is 0 Å². The lowest BCUT2D eigenvalue weighted by Crippen LogP contribution is -2.39. The monoisotopic (exact) mass is 309 g/mol. The smallest absolute Gasteiger partial charge is 0.238 e. The number of thioether (sulfide) groups is 1. The standard InChI is InChI=1S/C16H23NO3S/c1-5-16(2)13(21-4)14(18)17(15(16)19)10-11-6-8-12(20-3)9-7-11/h6-9,13,15,19H,5,10H2,1-4H3. The van der Waals surface area contributed by atoms with Crippen LogP contribution in [0.15, 0.2) is 24.3 Å². The summed E-state index contributed by atoms with van der Waals surface area (Å²) in [5.41, 5.74) is 0.589. The van der Waals surface area contributed by atoms with Crippen molar-refractivity contribution in [3.05, 3.63) is 29.8 Å². The first-order valence-electron chi connectivity index (χ1n) is 7.12. The van der Waals surface area contributed by atoms with E-state index in [4.69, 9.17) is 4.74 Å². The van der Waals surface area contributed by atoms with Gasteiger partial charge in [-0.1, -0.05) is 26.0 Å². The zero-order chi connectivity index (χ0) is 15.6. The maximum Gasteiger partial charge on any atom is 0.238 e. The first kappa shape index (κ1) is 16.2. The molecule has 5 heteroatoms. The summed E-state index contributed by atoms with van der Waals surface area (Å²) in [6.07, 6.45) is 1.96. The van der Waals surface area contributed by atoms with Gasteiger partial charge in [-0.15, -0.1) is 0 Å². The molecule has 21 heavy (non-hydrogen) atoms. The zero-order valence-electron chi connectivity index (χ0n) is 13.0. The number of ether oxygens (including phenoxy) is 1. The number of carbonyl (C=O) groups is 1. The molecule has 1 aliphatic heterocycles. The second kappa shape index (κ2) is 6.28. The van der Waals surface area contributed by atoms with Crippen LogP contribution in [0.1, 0.15) is 25.8 Å². The van der Waals surface area contributed by atoms with Crippen LogP contribution >= 0.6 is 11.8 Å². The van der Waals surface area contributed by atoms with Crippen molar-refractivity contribution >= 4 is 17.7 Å². The maximum absolute atomic E-state index is 12.6. The van der Waals surface area contributed by atoms with Gasteiger partial charge in [-0.05, 0) is 30.4 Å². The number of benzene rings is 1. The molecule has 0 aliphatic carbocycles. The Morgan fingerprint density at radius 1 is 1.38 bits per heavy atom. The lowest BCUT2D eigenvalue weighted by molar-refractivity contribution is -0.135. The molecule has 2 rings (SSSR count). The van der Waals surface area contributed by atoms with Crippen molar-refractivity contribution in [3.63, 3.8) is 0 Å². The van der Waals surface area contributed by atoms with Gasteiger partial charge in [-0.25, -0.2) is 0 Å². The first-order chi connectivity index (χ1) is 9.97. The van der Waals surface area contributed by atoms with Crippen LogP contribution in [-0.4, -0.2) is 40.8 Å². The van der Waals surface area contributed by atoms with Gasteiger partial charge in [0.25, 0.3) is 0 Å². The van der Waals surface area contributed by atoms with Crippen LogP contribution < -0.4 is 4.74 Å². The summed E-state index contributed by atoms with van der Waals surface area (Å²) in [6, 6.07) is 7.59. The van der Waals surface area contributed by atoms with Crippen molar-refractivity contribution in [1.82, 2.24) is 4.90 Å².